The second kappa shape index (κ2) is 6.50. The molecule has 0 saturated carbocycles. The number of aryl methyl sites for hydroxylation is 3. The predicted molar refractivity (Wildman–Crippen MR) is 103 cm³/mol. The minimum absolute atomic E-state index is 0.808. The molecule has 0 amide bonds. The van der Waals surface area contributed by atoms with E-state index in [9.17, 15) is 0 Å². The van der Waals surface area contributed by atoms with Crippen molar-refractivity contribution in [2.45, 2.75) is 25.8 Å². The molecule has 1 aliphatic heterocycles. The Kier molecular flexibility index (Phi) is 3.85. The average molecular weight is 359 g/mol. The number of nitrogens with zero attached hydrogens (tertiary/aromatic N) is 6. The summed E-state index contributed by atoms with van der Waals surface area (Å²) in [4.78, 5) is 12.0. The van der Waals surface area contributed by atoms with Crippen LogP contribution in [-0.4, -0.2) is 36.5 Å². The van der Waals surface area contributed by atoms with Gasteiger partial charge in [0, 0.05) is 44.2 Å². The maximum absolute atomic E-state index is 4.94. The van der Waals surface area contributed by atoms with E-state index in [0.29, 0.717) is 0 Å². The fourth-order valence-electron chi connectivity index (χ4n) is 3.71. The van der Waals surface area contributed by atoms with E-state index in [1.54, 1.807) is 0 Å². The molecule has 0 atom stereocenters. The lowest BCUT2D eigenvalue weighted by Crippen LogP contribution is -2.31. The van der Waals surface area contributed by atoms with Gasteiger partial charge in [0.05, 0.1) is 17.8 Å². The molecule has 4 heterocycles. The Morgan fingerprint density at radius 3 is 2.85 bits per heavy atom. The molecule has 0 radical (unpaired) electrons. The van der Waals surface area contributed by atoms with Crippen LogP contribution in [0, 0.1) is 0 Å². The van der Waals surface area contributed by atoms with Gasteiger partial charge in [-0.05, 0) is 12.0 Å². The summed E-state index contributed by atoms with van der Waals surface area (Å²) in [5, 5.41) is 12.7. The van der Waals surface area contributed by atoms with Gasteiger partial charge in [-0.3, -0.25) is 9.78 Å². The Morgan fingerprint density at radius 2 is 1.96 bits per heavy atom. The van der Waals surface area contributed by atoms with Crippen molar-refractivity contribution in [2.24, 2.45) is 7.05 Å². The molecule has 1 aliphatic rings. The zero-order valence-corrected chi connectivity index (χ0v) is 15.3. The van der Waals surface area contributed by atoms with Crippen LogP contribution in [0.3, 0.4) is 0 Å². The van der Waals surface area contributed by atoms with E-state index in [0.717, 1.165) is 55.0 Å². The Morgan fingerprint density at radius 1 is 1.07 bits per heavy atom. The van der Waals surface area contributed by atoms with Gasteiger partial charge in [-0.25, -0.2) is 9.97 Å². The number of fused-ring (bicyclic) bond motifs is 2. The van der Waals surface area contributed by atoms with Crippen LogP contribution in [0.25, 0.3) is 11.0 Å². The van der Waals surface area contributed by atoms with Gasteiger partial charge >= 0.3 is 0 Å². The van der Waals surface area contributed by atoms with E-state index in [4.69, 9.17) is 9.97 Å². The van der Waals surface area contributed by atoms with Crippen LogP contribution in [0.15, 0.2) is 42.7 Å². The zero-order chi connectivity index (χ0) is 18.2. The molecular formula is C20H21N7. The largest absolute Gasteiger partial charge is 0.351 e. The minimum Gasteiger partial charge on any atom is -0.351 e. The number of aromatic amines is 1. The maximum atomic E-state index is 4.94. The molecule has 7 nitrogen and oxygen atoms in total. The van der Waals surface area contributed by atoms with Crippen LogP contribution in [0.4, 0.5) is 5.82 Å². The van der Waals surface area contributed by atoms with Crippen LogP contribution in [-0.2, 0) is 32.9 Å². The first kappa shape index (κ1) is 16.0. The van der Waals surface area contributed by atoms with E-state index in [1.165, 1.54) is 16.8 Å². The molecular weight excluding hydrogens is 338 g/mol. The molecule has 0 aliphatic carbocycles. The molecule has 1 aromatic carbocycles. The first-order valence-electron chi connectivity index (χ1n) is 9.26. The van der Waals surface area contributed by atoms with Crippen molar-refractivity contribution in [1.82, 2.24) is 29.9 Å². The lowest BCUT2D eigenvalue weighted by Gasteiger charge is -2.28. The lowest BCUT2D eigenvalue weighted by atomic mass is 10.1. The quantitative estimate of drug-likeness (QED) is 0.606. The minimum atomic E-state index is 0.808. The molecule has 1 N–H and O–H groups in total. The molecule has 0 spiro atoms. The van der Waals surface area contributed by atoms with Gasteiger partial charge in [-0.1, -0.05) is 30.3 Å². The van der Waals surface area contributed by atoms with Crippen molar-refractivity contribution in [1.29, 1.82) is 0 Å². The number of H-pyrrole nitrogens is 1. The Balaban J connectivity index is 1.49. The van der Waals surface area contributed by atoms with Crippen LogP contribution in [0.5, 0.6) is 0 Å². The third-order valence-corrected chi connectivity index (χ3v) is 5.20. The monoisotopic (exact) mass is 359 g/mol. The third kappa shape index (κ3) is 2.95. The normalized spacial score (nSPS) is 13.9. The highest BCUT2D eigenvalue weighted by Gasteiger charge is 2.22. The van der Waals surface area contributed by atoms with Gasteiger partial charge in [0.1, 0.15) is 11.6 Å². The molecule has 7 heteroatoms. The van der Waals surface area contributed by atoms with Gasteiger partial charge in [-0.2, -0.15) is 10.2 Å². The average Bonchev–Trinajstić information content (AvgIpc) is 3.33. The van der Waals surface area contributed by atoms with E-state index in [1.807, 2.05) is 30.2 Å². The molecule has 136 valence electrons. The summed E-state index contributed by atoms with van der Waals surface area (Å²) >= 11 is 0. The summed E-state index contributed by atoms with van der Waals surface area (Å²) in [7, 11) is 1.93. The molecule has 3 aromatic heterocycles. The molecule has 0 bridgehead atoms. The van der Waals surface area contributed by atoms with Gasteiger partial charge in [0.2, 0.25) is 0 Å². The van der Waals surface area contributed by atoms with Gasteiger partial charge in [0.25, 0.3) is 0 Å². The molecule has 0 saturated heterocycles. The summed E-state index contributed by atoms with van der Waals surface area (Å²) in [6.45, 7) is 1.72. The molecule has 0 fully saturated rings. The van der Waals surface area contributed by atoms with Crippen molar-refractivity contribution in [3.63, 3.8) is 0 Å². The second-order valence-corrected chi connectivity index (χ2v) is 7.00. The summed E-state index contributed by atoms with van der Waals surface area (Å²) in [5.41, 5.74) is 4.66. The fraction of sp³-hybridized carbons (Fsp3) is 0.300. The fourth-order valence-corrected chi connectivity index (χ4v) is 3.71. The lowest BCUT2D eigenvalue weighted by molar-refractivity contribution is 0.706. The molecule has 27 heavy (non-hydrogen) atoms. The maximum Gasteiger partial charge on any atom is 0.163 e. The summed E-state index contributed by atoms with van der Waals surface area (Å²) in [5.74, 6) is 1.84. The summed E-state index contributed by atoms with van der Waals surface area (Å²) in [6.07, 6.45) is 6.47. The number of hydrogen-bond donors (Lipinski definition) is 1. The van der Waals surface area contributed by atoms with E-state index < -0.39 is 0 Å². The Bertz CT molecular complexity index is 1080. The van der Waals surface area contributed by atoms with Crippen molar-refractivity contribution < 1.29 is 0 Å². The first-order chi connectivity index (χ1) is 13.3. The van der Waals surface area contributed by atoms with Gasteiger partial charge < -0.3 is 4.90 Å². The number of nitrogens with one attached hydrogen (secondary N) is 1. The molecule has 0 unspecified atom stereocenters. The standard InChI is InChI=1S/C20H21N7/c1-26-19-16(12-22-26)20(27-10-9-17-15(13-27)11-21-25-17)24-18(23-19)8-7-14-5-3-2-4-6-14/h2-6,11-12H,7-10,13H2,1H3,(H,21,25). The second-order valence-electron chi connectivity index (χ2n) is 7.00. The van der Waals surface area contributed by atoms with E-state index >= 15 is 0 Å². The van der Waals surface area contributed by atoms with E-state index in [-0.39, 0.29) is 0 Å². The van der Waals surface area contributed by atoms with E-state index in [2.05, 4.69) is 44.5 Å². The number of rotatable bonds is 4. The Hall–Kier alpha value is -3.22. The highest BCUT2D eigenvalue weighted by molar-refractivity contribution is 5.87. The van der Waals surface area contributed by atoms with Crippen LogP contribution < -0.4 is 4.90 Å². The van der Waals surface area contributed by atoms with Crippen LogP contribution >= 0.6 is 0 Å². The Labute approximate surface area is 157 Å². The van der Waals surface area contributed by atoms with Crippen LogP contribution in [0.1, 0.15) is 22.6 Å². The highest BCUT2D eigenvalue weighted by Crippen LogP contribution is 2.28. The molecule has 4 aromatic rings. The first-order valence-corrected chi connectivity index (χ1v) is 9.26. The van der Waals surface area contributed by atoms with Crippen molar-refractivity contribution >= 4 is 16.9 Å². The van der Waals surface area contributed by atoms with Gasteiger partial charge in [-0.15, -0.1) is 0 Å². The third-order valence-electron chi connectivity index (χ3n) is 5.20. The van der Waals surface area contributed by atoms with Crippen LogP contribution in [0.2, 0.25) is 0 Å². The van der Waals surface area contributed by atoms with Crippen molar-refractivity contribution in [3.05, 3.63) is 65.4 Å². The summed E-state index contributed by atoms with van der Waals surface area (Å²) in [6, 6.07) is 10.5. The number of hydrogen-bond acceptors (Lipinski definition) is 5. The number of benzene rings is 1. The van der Waals surface area contributed by atoms with Crippen molar-refractivity contribution in [3.8, 4) is 0 Å². The number of anilines is 1. The van der Waals surface area contributed by atoms with Crippen molar-refractivity contribution in [2.75, 3.05) is 11.4 Å². The summed E-state index contributed by atoms with van der Waals surface area (Å²) < 4.78 is 1.83. The predicted octanol–water partition coefficient (Wildman–Crippen LogP) is 2.43. The highest BCUT2D eigenvalue weighted by atomic mass is 15.3. The topological polar surface area (TPSA) is 75.5 Å². The smallest absolute Gasteiger partial charge is 0.163 e. The SMILES string of the molecule is Cn1ncc2c(N3CCc4[nH]ncc4C3)nc(CCc3ccccc3)nc21. The zero-order valence-electron chi connectivity index (χ0n) is 15.3. The van der Waals surface area contributed by atoms with Gasteiger partial charge in [0.15, 0.2) is 5.65 Å². The molecule has 5 rings (SSSR count). The number of aromatic nitrogens is 6.